The third-order valence-corrected chi connectivity index (χ3v) is 5.72. The average Bonchev–Trinajstić information content (AvgIpc) is 2.87. The minimum atomic E-state index is -1.58. The second kappa shape index (κ2) is 11.8. The molecule has 0 spiro atoms. The first kappa shape index (κ1) is 25.4. The molecule has 8 nitrogen and oxygen atoms in total. The Kier molecular flexibility index (Phi) is 8.34. The summed E-state index contributed by atoms with van der Waals surface area (Å²) in [4.78, 5) is 26.8. The van der Waals surface area contributed by atoms with Gasteiger partial charge in [0.25, 0.3) is 0 Å². The highest BCUT2D eigenvalue weighted by Crippen LogP contribution is 2.17. The van der Waals surface area contributed by atoms with Gasteiger partial charge in [-0.2, -0.15) is 5.10 Å². The van der Waals surface area contributed by atoms with E-state index >= 15 is 0 Å². The zero-order valence-corrected chi connectivity index (χ0v) is 19.5. The Labute approximate surface area is 205 Å². The number of nitrogens with zero attached hydrogens (tertiary/aromatic N) is 3. The fraction of sp³-hybridized carbons (Fsp3) is 0.320. The number of nitrogens with one attached hydrogen (secondary N) is 2. The molecule has 1 fully saturated rings. The van der Waals surface area contributed by atoms with Crippen molar-refractivity contribution in [3.63, 3.8) is 0 Å². The van der Waals surface area contributed by atoms with Crippen LogP contribution < -0.4 is 16.1 Å². The Morgan fingerprint density at radius 2 is 1.83 bits per heavy atom. The van der Waals surface area contributed by atoms with Gasteiger partial charge in [-0.05, 0) is 24.1 Å². The fourth-order valence-electron chi connectivity index (χ4n) is 3.88. The number of amides is 1. The maximum atomic E-state index is 13.6. The van der Waals surface area contributed by atoms with Crippen LogP contribution in [0, 0.1) is 17.5 Å². The zero-order valence-electron chi connectivity index (χ0n) is 19.5. The first-order valence-electron chi connectivity index (χ1n) is 11.6. The molecule has 1 saturated heterocycles. The lowest BCUT2D eigenvalue weighted by Crippen LogP contribution is -2.43. The quantitative estimate of drug-likeness (QED) is 0.364. The molecule has 2 N–H and O–H groups in total. The van der Waals surface area contributed by atoms with Crippen LogP contribution in [0.5, 0.6) is 0 Å². The summed E-state index contributed by atoms with van der Waals surface area (Å²) >= 11 is 0. The lowest BCUT2D eigenvalue weighted by molar-refractivity contribution is 0.149. The van der Waals surface area contributed by atoms with Gasteiger partial charge in [0.05, 0.1) is 12.3 Å². The van der Waals surface area contributed by atoms with Gasteiger partial charge in [0.1, 0.15) is 5.69 Å². The van der Waals surface area contributed by atoms with E-state index in [0.717, 1.165) is 56.0 Å². The van der Waals surface area contributed by atoms with E-state index in [1.165, 1.54) is 12.3 Å². The summed E-state index contributed by atoms with van der Waals surface area (Å²) in [6.07, 6.45) is 1.50. The Morgan fingerprint density at radius 1 is 1.08 bits per heavy atom. The van der Waals surface area contributed by atoms with E-state index in [9.17, 15) is 22.8 Å². The van der Waals surface area contributed by atoms with Crippen LogP contribution in [0.4, 0.5) is 23.7 Å². The van der Waals surface area contributed by atoms with E-state index in [1.54, 1.807) is 24.3 Å². The van der Waals surface area contributed by atoms with Crippen molar-refractivity contribution in [3.8, 4) is 5.69 Å². The second-order valence-corrected chi connectivity index (χ2v) is 8.38. The molecular formula is C25H26F3N5O3. The van der Waals surface area contributed by atoms with Gasteiger partial charge < -0.3 is 15.0 Å². The van der Waals surface area contributed by atoms with Crippen molar-refractivity contribution in [2.24, 2.45) is 0 Å². The highest BCUT2D eigenvalue weighted by Gasteiger charge is 2.14. The van der Waals surface area contributed by atoms with E-state index in [0.29, 0.717) is 17.9 Å². The molecule has 36 heavy (non-hydrogen) atoms. The Morgan fingerprint density at radius 3 is 2.58 bits per heavy atom. The molecule has 2 aromatic carbocycles. The topological polar surface area (TPSA) is 88.5 Å². The lowest BCUT2D eigenvalue weighted by atomic mass is 10.1. The zero-order chi connectivity index (χ0) is 25.5. The number of carbonyl (C=O) groups is 1. The highest BCUT2D eigenvalue weighted by atomic mass is 19.2. The summed E-state index contributed by atoms with van der Waals surface area (Å²) in [5.41, 5.74) is 0.818. The predicted molar refractivity (Wildman–Crippen MR) is 128 cm³/mol. The number of rotatable bonds is 8. The summed E-state index contributed by atoms with van der Waals surface area (Å²) in [5.74, 6) is -4.30. The number of hydrogen-bond donors (Lipinski definition) is 2. The first-order valence-corrected chi connectivity index (χ1v) is 11.6. The van der Waals surface area contributed by atoms with E-state index in [1.807, 2.05) is 0 Å². The van der Waals surface area contributed by atoms with Crippen molar-refractivity contribution in [2.75, 3.05) is 44.6 Å². The van der Waals surface area contributed by atoms with Crippen LogP contribution in [-0.4, -0.2) is 60.1 Å². The van der Waals surface area contributed by atoms with Gasteiger partial charge in [-0.15, -0.1) is 0 Å². The molecule has 1 aliphatic rings. The minimum Gasteiger partial charge on any atom is -0.449 e. The molecule has 0 aliphatic carbocycles. The molecule has 0 radical (unpaired) electrons. The van der Waals surface area contributed by atoms with Crippen LogP contribution in [0.15, 0.2) is 53.5 Å². The Hall–Kier alpha value is -3.70. The molecule has 0 bridgehead atoms. The molecular weight excluding hydrogens is 475 g/mol. The van der Waals surface area contributed by atoms with E-state index in [-0.39, 0.29) is 23.2 Å². The number of hydrogen-bond acceptors (Lipinski definition) is 6. The van der Waals surface area contributed by atoms with Crippen LogP contribution in [0.1, 0.15) is 17.7 Å². The fourth-order valence-corrected chi connectivity index (χ4v) is 3.88. The van der Waals surface area contributed by atoms with Gasteiger partial charge in [-0.3, -0.25) is 10.1 Å². The van der Waals surface area contributed by atoms with Crippen LogP contribution in [0.3, 0.4) is 0 Å². The normalized spacial score (nSPS) is 14.0. The van der Waals surface area contributed by atoms with Gasteiger partial charge in [0.2, 0.25) is 5.43 Å². The summed E-state index contributed by atoms with van der Waals surface area (Å²) in [7, 11) is 0. The SMILES string of the molecule is O=C(Nc1cccc(Cc2nn(-c3cc(F)c(F)c(F)c3)ccc2=O)c1)OCCCN1CCNCC1. The van der Waals surface area contributed by atoms with Gasteiger partial charge in [0, 0.05) is 69.2 Å². The standard InChI is InChI=1S/C25H26F3N5O3/c26-20-15-19(16-21(27)24(20)28)33-9-5-23(34)22(31-33)14-17-3-1-4-18(13-17)30-25(35)36-12-2-8-32-10-6-29-7-11-32/h1,3-5,9,13,15-16,29H,2,6-8,10-12,14H2,(H,30,35). The largest absolute Gasteiger partial charge is 0.449 e. The summed E-state index contributed by atoms with van der Waals surface area (Å²) in [5, 5.41) is 10.1. The van der Waals surface area contributed by atoms with Gasteiger partial charge in [-0.1, -0.05) is 12.1 Å². The number of halogens is 3. The molecule has 0 atom stereocenters. The van der Waals surface area contributed by atoms with Crippen molar-refractivity contribution in [3.05, 3.63) is 87.6 Å². The molecule has 1 aromatic heterocycles. The smallest absolute Gasteiger partial charge is 0.411 e. The number of piperazine rings is 1. The number of aromatic nitrogens is 2. The van der Waals surface area contributed by atoms with E-state index in [2.05, 4.69) is 20.6 Å². The Balaban J connectivity index is 1.36. The van der Waals surface area contributed by atoms with Crippen LogP contribution in [0.25, 0.3) is 5.69 Å². The van der Waals surface area contributed by atoms with Crippen molar-refractivity contribution in [1.29, 1.82) is 0 Å². The molecule has 0 unspecified atom stereocenters. The molecule has 0 saturated carbocycles. The number of benzene rings is 2. The van der Waals surface area contributed by atoms with E-state index < -0.39 is 23.5 Å². The van der Waals surface area contributed by atoms with Crippen LogP contribution in [-0.2, 0) is 11.2 Å². The minimum absolute atomic E-state index is 0.0669. The van der Waals surface area contributed by atoms with Crippen molar-refractivity contribution < 1.29 is 22.7 Å². The van der Waals surface area contributed by atoms with Crippen molar-refractivity contribution in [2.45, 2.75) is 12.8 Å². The molecule has 11 heteroatoms. The molecule has 4 rings (SSSR count). The number of carbonyl (C=O) groups excluding carboxylic acids is 1. The van der Waals surface area contributed by atoms with E-state index in [4.69, 9.17) is 4.74 Å². The first-order chi connectivity index (χ1) is 17.4. The van der Waals surface area contributed by atoms with Crippen LogP contribution in [0.2, 0.25) is 0 Å². The summed E-state index contributed by atoms with van der Waals surface area (Å²) < 4.78 is 46.9. The second-order valence-electron chi connectivity index (χ2n) is 8.38. The summed E-state index contributed by atoms with van der Waals surface area (Å²) in [6.45, 7) is 5.06. The molecule has 3 aromatic rings. The Bertz CT molecular complexity index is 1250. The maximum Gasteiger partial charge on any atom is 0.411 e. The van der Waals surface area contributed by atoms with Gasteiger partial charge in [0.15, 0.2) is 17.5 Å². The third-order valence-electron chi connectivity index (χ3n) is 5.72. The average molecular weight is 502 g/mol. The summed E-state index contributed by atoms with van der Waals surface area (Å²) in [6, 6.07) is 9.62. The lowest BCUT2D eigenvalue weighted by Gasteiger charge is -2.26. The van der Waals surface area contributed by atoms with Gasteiger partial charge in [-0.25, -0.2) is 22.6 Å². The molecule has 190 valence electrons. The monoisotopic (exact) mass is 501 g/mol. The van der Waals surface area contributed by atoms with Crippen molar-refractivity contribution >= 4 is 11.8 Å². The predicted octanol–water partition coefficient (Wildman–Crippen LogP) is 3.08. The number of anilines is 1. The third kappa shape index (κ3) is 6.70. The van der Waals surface area contributed by atoms with Crippen molar-refractivity contribution in [1.82, 2.24) is 20.0 Å². The molecule has 2 heterocycles. The highest BCUT2D eigenvalue weighted by molar-refractivity contribution is 5.84. The molecule has 1 amide bonds. The maximum absolute atomic E-state index is 13.6. The van der Waals surface area contributed by atoms with Gasteiger partial charge >= 0.3 is 6.09 Å². The number of ether oxygens (including phenoxy) is 1. The molecule has 1 aliphatic heterocycles. The van der Waals surface area contributed by atoms with Crippen LogP contribution >= 0.6 is 0 Å².